The molecule has 0 saturated heterocycles. The van der Waals surface area contributed by atoms with E-state index in [2.05, 4.69) is 14.9 Å². The van der Waals surface area contributed by atoms with E-state index in [4.69, 9.17) is 15.9 Å². The van der Waals surface area contributed by atoms with Crippen molar-refractivity contribution < 1.29 is 22.6 Å². The quantitative estimate of drug-likeness (QED) is 0.668. The summed E-state index contributed by atoms with van der Waals surface area (Å²) in [5.41, 5.74) is 5.44. The van der Waals surface area contributed by atoms with E-state index < -0.39 is 12.1 Å². The van der Waals surface area contributed by atoms with Crippen molar-refractivity contribution in [1.82, 2.24) is 10.2 Å². The number of ether oxygens (including phenoxy) is 2. The molecule has 2 rings (SSSR count). The maximum atomic E-state index is 12.3. The van der Waals surface area contributed by atoms with Crippen molar-refractivity contribution >= 4 is 5.84 Å². The van der Waals surface area contributed by atoms with Crippen LogP contribution in [0.2, 0.25) is 0 Å². The zero-order valence-corrected chi connectivity index (χ0v) is 10.4. The van der Waals surface area contributed by atoms with Crippen LogP contribution in [0.3, 0.4) is 0 Å². The Bertz CT molecular complexity index is 661. The molecule has 0 radical (unpaired) electrons. The summed E-state index contributed by atoms with van der Waals surface area (Å²) in [4.78, 5) is 0. The summed E-state index contributed by atoms with van der Waals surface area (Å²) in [6.07, 6.45) is -3.58. The van der Waals surface area contributed by atoms with Crippen molar-refractivity contribution in [3.63, 3.8) is 0 Å². The van der Waals surface area contributed by atoms with E-state index in [0.29, 0.717) is 0 Å². The molecule has 3 N–H and O–H groups in total. The van der Waals surface area contributed by atoms with E-state index in [9.17, 15) is 13.2 Å². The maximum Gasteiger partial charge on any atom is 0.573 e. The summed E-state index contributed by atoms with van der Waals surface area (Å²) >= 11 is 0. The number of rotatable bonds is 4. The number of benzene rings is 1. The lowest BCUT2D eigenvalue weighted by Crippen LogP contribution is -2.18. The predicted molar refractivity (Wildman–Crippen MR) is 66.2 cm³/mol. The number of hydrogen-bond donors (Lipinski definition) is 2. The fraction of sp³-hybridized carbons (Fsp3) is 0.0833. The van der Waals surface area contributed by atoms with Gasteiger partial charge in [-0.15, -0.1) is 18.3 Å². The minimum absolute atomic E-state index is 0.104. The molecule has 1 aromatic carbocycles. The molecule has 0 spiro atoms. The normalized spacial score (nSPS) is 11.0. The summed E-state index contributed by atoms with van der Waals surface area (Å²) in [6, 6.07) is 6.53. The Morgan fingerprint density at radius 2 is 1.81 bits per heavy atom. The van der Waals surface area contributed by atoms with E-state index in [1.165, 1.54) is 30.5 Å². The third-order valence-corrected chi connectivity index (χ3v) is 2.26. The first-order chi connectivity index (χ1) is 9.87. The Balaban J connectivity index is 2.35. The summed E-state index contributed by atoms with van der Waals surface area (Å²) in [5, 5.41) is 14.5. The first-order valence-corrected chi connectivity index (χ1v) is 5.55. The Kier molecular flexibility index (Phi) is 3.92. The average molecular weight is 298 g/mol. The van der Waals surface area contributed by atoms with Crippen LogP contribution in [0.4, 0.5) is 13.2 Å². The number of para-hydroxylation sites is 2. The van der Waals surface area contributed by atoms with Crippen LogP contribution in [0, 0.1) is 5.41 Å². The lowest BCUT2D eigenvalue weighted by Gasteiger charge is -2.14. The number of nitrogens with zero attached hydrogens (tertiary/aromatic N) is 2. The third-order valence-electron chi connectivity index (χ3n) is 2.26. The SMILES string of the molecule is N=C(N)c1ccnnc1Oc1ccccc1OC(F)(F)F. The van der Waals surface area contributed by atoms with Gasteiger partial charge in [-0.1, -0.05) is 12.1 Å². The highest BCUT2D eigenvalue weighted by atomic mass is 19.4. The van der Waals surface area contributed by atoms with E-state index in [0.717, 1.165) is 6.07 Å². The molecule has 0 atom stereocenters. The second kappa shape index (κ2) is 5.65. The van der Waals surface area contributed by atoms with Gasteiger partial charge in [-0.2, -0.15) is 5.10 Å². The average Bonchev–Trinajstić information content (AvgIpc) is 2.40. The second-order valence-corrected chi connectivity index (χ2v) is 3.76. The monoisotopic (exact) mass is 298 g/mol. The smallest absolute Gasteiger partial charge is 0.433 e. The van der Waals surface area contributed by atoms with Gasteiger partial charge in [0.05, 0.1) is 11.8 Å². The van der Waals surface area contributed by atoms with Crippen LogP contribution in [0.5, 0.6) is 17.4 Å². The molecule has 0 unspecified atom stereocenters. The van der Waals surface area contributed by atoms with Gasteiger partial charge in [-0.3, -0.25) is 5.41 Å². The first kappa shape index (κ1) is 14.6. The minimum atomic E-state index is -4.86. The molecule has 110 valence electrons. The van der Waals surface area contributed by atoms with Gasteiger partial charge in [0.25, 0.3) is 0 Å². The lowest BCUT2D eigenvalue weighted by molar-refractivity contribution is -0.275. The molecule has 2 aromatic rings. The van der Waals surface area contributed by atoms with Crippen LogP contribution in [0.15, 0.2) is 36.5 Å². The van der Waals surface area contributed by atoms with Crippen LogP contribution in [0.1, 0.15) is 5.56 Å². The Hall–Kier alpha value is -2.84. The van der Waals surface area contributed by atoms with Crippen molar-refractivity contribution in [1.29, 1.82) is 5.41 Å². The number of nitrogens with one attached hydrogen (secondary N) is 1. The van der Waals surface area contributed by atoms with Crippen LogP contribution in [-0.4, -0.2) is 22.4 Å². The number of nitrogens with two attached hydrogens (primary N) is 1. The van der Waals surface area contributed by atoms with Crippen molar-refractivity contribution in [3.05, 3.63) is 42.1 Å². The van der Waals surface area contributed by atoms with E-state index >= 15 is 0 Å². The fourth-order valence-electron chi connectivity index (χ4n) is 1.45. The largest absolute Gasteiger partial charge is 0.573 e. The molecule has 0 saturated carbocycles. The molecule has 0 aliphatic heterocycles. The molecule has 0 amide bonds. The molecule has 0 aliphatic carbocycles. The molecule has 21 heavy (non-hydrogen) atoms. The molecule has 9 heteroatoms. The Labute approximate surface area is 116 Å². The molecule has 0 fully saturated rings. The van der Waals surface area contributed by atoms with Crippen LogP contribution >= 0.6 is 0 Å². The van der Waals surface area contributed by atoms with Crippen molar-refractivity contribution in [3.8, 4) is 17.4 Å². The summed E-state index contributed by atoms with van der Waals surface area (Å²) in [5.74, 6) is -1.31. The Morgan fingerprint density at radius 3 is 2.43 bits per heavy atom. The van der Waals surface area contributed by atoms with Gasteiger partial charge in [-0.25, -0.2) is 0 Å². The highest BCUT2D eigenvalue weighted by Crippen LogP contribution is 2.34. The second-order valence-electron chi connectivity index (χ2n) is 3.76. The Morgan fingerprint density at radius 1 is 1.14 bits per heavy atom. The predicted octanol–water partition coefficient (Wildman–Crippen LogP) is 2.45. The van der Waals surface area contributed by atoms with Gasteiger partial charge >= 0.3 is 6.36 Å². The molecule has 1 aromatic heterocycles. The van der Waals surface area contributed by atoms with Gasteiger partial charge in [-0.05, 0) is 18.2 Å². The standard InChI is InChI=1S/C12H9F3N4O2/c13-12(14,15)21-9-4-2-1-3-8(9)20-11-7(10(16)17)5-6-18-19-11/h1-6H,(H3,16,17). The topological polar surface area (TPSA) is 94.1 Å². The summed E-state index contributed by atoms with van der Waals surface area (Å²) < 4.78 is 46.0. The van der Waals surface area contributed by atoms with Gasteiger partial charge in [0, 0.05) is 0 Å². The molecular weight excluding hydrogens is 289 g/mol. The zero-order valence-electron chi connectivity index (χ0n) is 10.4. The van der Waals surface area contributed by atoms with E-state index in [1.54, 1.807) is 0 Å². The van der Waals surface area contributed by atoms with Crippen molar-refractivity contribution in [2.24, 2.45) is 5.73 Å². The summed E-state index contributed by atoms with van der Waals surface area (Å²) in [6.45, 7) is 0. The number of aromatic nitrogens is 2. The fourth-order valence-corrected chi connectivity index (χ4v) is 1.45. The molecule has 1 heterocycles. The van der Waals surface area contributed by atoms with Gasteiger partial charge in [0.1, 0.15) is 5.84 Å². The van der Waals surface area contributed by atoms with Crippen LogP contribution in [0.25, 0.3) is 0 Å². The number of alkyl halides is 3. The minimum Gasteiger partial charge on any atom is -0.433 e. The van der Waals surface area contributed by atoms with Crippen LogP contribution < -0.4 is 15.2 Å². The van der Waals surface area contributed by atoms with Crippen molar-refractivity contribution in [2.75, 3.05) is 0 Å². The van der Waals surface area contributed by atoms with Crippen LogP contribution in [-0.2, 0) is 0 Å². The van der Waals surface area contributed by atoms with Gasteiger partial charge in [0.15, 0.2) is 11.5 Å². The van der Waals surface area contributed by atoms with E-state index in [1.807, 2.05) is 0 Å². The van der Waals surface area contributed by atoms with Crippen molar-refractivity contribution in [2.45, 2.75) is 6.36 Å². The highest BCUT2D eigenvalue weighted by Gasteiger charge is 2.32. The number of amidine groups is 1. The number of hydrogen-bond acceptors (Lipinski definition) is 5. The number of nitrogen functional groups attached to an aromatic ring is 1. The van der Waals surface area contributed by atoms with Gasteiger partial charge < -0.3 is 15.2 Å². The first-order valence-electron chi connectivity index (χ1n) is 5.55. The molecule has 6 nitrogen and oxygen atoms in total. The lowest BCUT2D eigenvalue weighted by atomic mass is 10.2. The summed E-state index contributed by atoms with van der Waals surface area (Å²) in [7, 11) is 0. The molecule has 0 aliphatic rings. The molecular formula is C12H9F3N4O2. The highest BCUT2D eigenvalue weighted by molar-refractivity contribution is 5.96. The zero-order chi connectivity index (χ0) is 15.5. The molecule has 0 bridgehead atoms. The maximum absolute atomic E-state index is 12.3. The van der Waals surface area contributed by atoms with E-state index in [-0.39, 0.29) is 23.0 Å². The van der Waals surface area contributed by atoms with Gasteiger partial charge in [0.2, 0.25) is 5.88 Å². The third kappa shape index (κ3) is 3.81. The number of halogens is 3.